The number of hydrazone groups is 1. The molecule has 0 aliphatic carbocycles. The monoisotopic (exact) mass is 301 g/mol. The van der Waals surface area contributed by atoms with Gasteiger partial charge in [-0.15, -0.1) is 0 Å². The van der Waals surface area contributed by atoms with Crippen LogP contribution in [-0.4, -0.2) is 28.5 Å². The number of nitrogens with zero attached hydrogens (tertiary/aromatic N) is 3. The van der Waals surface area contributed by atoms with E-state index in [2.05, 4.69) is 25.7 Å². The van der Waals surface area contributed by atoms with Gasteiger partial charge in [-0.05, 0) is 29.8 Å². The molecule has 7 heteroatoms. The predicted molar refractivity (Wildman–Crippen MR) is 85.6 cm³/mol. The Hall–Kier alpha value is -2.70. The van der Waals surface area contributed by atoms with Gasteiger partial charge in [0.15, 0.2) is 5.82 Å². The maximum atomic E-state index is 11.3. The number of H-pyrrole nitrogens is 1. The fourth-order valence-corrected chi connectivity index (χ4v) is 1.79. The average Bonchev–Trinajstić information content (AvgIpc) is 2.47. The lowest BCUT2D eigenvalue weighted by Gasteiger charge is -2.18. The molecule has 0 saturated carbocycles. The molecule has 1 aromatic heterocycles. The number of aromatic nitrogens is 3. The number of aromatic amines is 1. The Morgan fingerprint density at radius 2 is 1.95 bits per heavy atom. The summed E-state index contributed by atoms with van der Waals surface area (Å²) < 4.78 is 5.09. The quantitative estimate of drug-likeness (QED) is 0.665. The molecule has 7 nitrogen and oxygen atoms in total. The van der Waals surface area contributed by atoms with E-state index in [-0.39, 0.29) is 5.41 Å². The van der Waals surface area contributed by atoms with E-state index in [1.54, 1.807) is 13.3 Å². The fourth-order valence-electron chi connectivity index (χ4n) is 1.79. The molecule has 116 valence electrons. The second kappa shape index (κ2) is 6.38. The zero-order valence-corrected chi connectivity index (χ0v) is 13.0. The highest BCUT2D eigenvalue weighted by Gasteiger charge is 2.21. The number of nitrogens with one attached hydrogen (secondary N) is 2. The van der Waals surface area contributed by atoms with Crippen molar-refractivity contribution in [3.63, 3.8) is 0 Å². The van der Waals surface area contributed by atoms with Crippen LogP contribution in [0.2, 0.25) is 0 Å². The average molecular weight is 301 g/mol. The van der Waals surface area contributed by atoms with Gasteiger partial charge >= 0.3 is 5.69 Å². The SMILES string of the molecule is COc1ccc(/C=N/Nc2nc(=O)[nH]nc2C(C)(C)C)cc1. The van der Waals surface area contributed by atoms with Crippen molar-refractivity contribution in [2.24, 2.45) is 5.10 Å². The van der Waals surface area contributed by atoms with Gasteiger partial charge in [0.1, 0.15) is 11.4 Å². The normalized spacial score (nSPS) is 11.6. The van der Waals surface area contributed by atoms with Crippen LogP contribution in [0.4, 0.5) is 5.82 Å². The van der Waals surface area contributed by atoms with E-state index in [0.717, 1.165) is 11.3 Å². The topological polar surface area (TPSA) is 92.3 Å². The molecule has 0 amide bonds. The van der Waals surface area contributed by atoms with E-state index in [1.165, 1.54) is 0 Å². The summed E-state index contributed by atoms with van der Waals surface area (Å²) in [5.41, 5.74) is 3.53. The van der Waals surface area contributed by atoms with E-state index in [1.807, 2.05) is 45.0 Å². The molecule has 0 atom stereocenters. The summed E-state index contributed by atoms with van der Waals surface area (Å²) in [4.78, 5) is 15.2. The molecular weight excluding hydrogens is 282 g/mol. The minimum absolute atomic E-state index is 0.269. The minimum atomic E-state index is -0.518. The molecule has 0 spiro atoms. The van der Waals surface area contributed by atoms with Gasteiger partial charge in [-0.2, -0.15) is 15.2 Å². The lowest BCUT2D eigenvalue weighted by atomic mass is 9.92. The molecule has 0 radical (unpaired) electrons. The number of hydrogen-bond donors (Lipinski definition) is 2. The van der Waals surface area contributed by atoms with E-state index in [9.17, 15) is 4.79 Å². The van der Waals surface area contributed by atoms with Crippen LogP contribution in [0, 0.1) is 0 Å². The van der Waals surface area contributed by atoms with Gasteiger partial charge in [-0.25, -0.2) is 9.89 Å². The molecule has 1 heterocycles. The Balaban J connectivity index is 2.18. The van der Waals surface area contributed by atoms with Gasteiger partial charge in [-0.3, -0.25) is 5.43 Å². The molecule has 0 bridgehead atoms. The summed E-state index contributed by atoms with van der Waals surface area (Å²) in [6.45, 7) is 5.94. The highest BCUT2D eigenvalue weighted by atomic mass is 16.5. The van der Waals surface area contributed by atoms with Crippen molar-refractivity contribution in [3.05, 3.63) is 46.0 Å². The van der Waals surface area contributed by atoms with Gasteiger partial charge < -0.3 is 4.74 Å². The van der Waals surface area contributed by atoms with Crippen LogP contribution in [-0.2, 0) is 5.41 Å². The standard InChI is InChI=1S/C15H19N5O2/c1-15(2,3)12-13(17-14(21)20-18-12)19-16-9-10-5-7-11(22-4)8-6-10/h5-9H,1-4H3,(H2,17,19,20,21)/b16-9+. The first-order valence-electron chi connectivity index (χ1n) is 6.80. The molecule has 0 aliphatic heterocycles. The number of methoxy groups -OCH3 is 1. The molecular formula is C15H19N5O2. The summed E-state index contributed by atoms with van der Waals surface area (Å²) >= 11 is 0. The smallest absolute Gasteiger partial charge is 0.363 e. The molecule has 0 saturated heterocycles. The second-order valence-corrected chi connectivity index (χ2v) is 5.73. The van der Waals surface area contributed by atoms with E-state index < -0.39 is 5.69 Å². The van der Waals surface area contributed by atoms with Crippen molar-refractivity contribution in [2.45, 2.75) is 26.2 Å². The zero-order chi connectivity index (χ0) is 16.2. The number of rotatable bonds is 4. The Kier molecular flexibility index (Phi) is 4.55. The van der Waals surface area contributed by atoms with Crippen molar-refractivity contribution in [2.75, 3.05) is 12.5 Å². The van der Waals surface area contributed by atoms with Crippen LogP contribution in [0.1, 0.15) is 32.0 Å². The number of ether oxygens (including phenoxy) is 1. The highest BCUT2D eigenvalue weighted by Crippen LogP contribution is 2.24. The Morgan fingerprint density at radius 1 is 1.27 bits per heavy atom. The molecule has 2 aromatic rings. The van der Waals surface area contributed by atoms with Crippen LogP contribution in [0.3, 0.4) is 0 Å². The molecule has 1 aromatic carbocycles. The third-order valence-electron chi connectivity index (χ3n) is 2.91. The van der Waals surface area contributed by atoms with Crippen LogP contribution >= 0.6 is 0 Å². The first-order chi connectivity index (χ1) is 10.4. The third-order valence-corrected chi connectivity index (χ3v) is 2.91. The Bertz CT molecular complexity index is 714. The molecule has 2 N–H and O–H groups in total. The van der Waals surface area contributed by atoms with Crippen LogP contribution < -0.4 is 15.9 Å². The molecule has 0 fully saturated rings. The zero-order valence-electron chi connectivity index (χ0n) is 13.0. The minimum Gasteiger partial charge on any atom is -0.497 e. The lowest BCUT2D eigenvalue weighted by molar-refractivity contribution is 0.415. The van der Waals surface area contributed by atoms with Gasteiger partial charge in [0.05, 0.1) is 13.3 Å². The summed E-state index contributed by atoms with van der Waals surface area (Å²) in [5, 5.41) is 10.5. The lowest BCUT2D eigenvalue weighted by Crippen LogP contribution is -2.24. The first kappa shape index (κ1) is 15.7. The highest BCUT2D eigenvalue weighted by molar-refractivity contribution is 5.80. The summed E-state index contributed by atoms with van der Waals surface area (Å²) in [6.07, 6.45) is 1.63. The third kappa shape index (κ3) is 3.91. The largest absolute Gasteiger partial charge is 0.497 e. The van der Waals surface area contributed by atoms with Crippen molar-refractivity contribution in [3.8, 4) is 5.75 Å². The number of anilines is 1. The first-order valence-corrected chi connectivity index (χ1v) is 6.80. The van der Waals surface area contributed by atoms with Crippen molar-refractivity contribution >= 4 is 12.0 Å². The Labute approximate surface area is 128 Å². The van der Waals surface area contributed by atoms with E-state index in [4.69, 9.17) is 4.74 Å². The van der Waals surface area contributed by atoms with Crippen molar-refractivity contribution < 1.29 is 4.74 Å². The number of benzene rings is 1. The summed E-state index contributed by atoms with van der Waals surface area (Å²) in [5.74, 6) is 1.13. The van der Waals surface area contributed by atoms with Crippen molar-refractivity contribution in [1.29, 1.82) is 0 Å². The van der Waals surface area contributed by atoms with Crippen molar-refractivity contribution in [1.82, 2.24) is 15.2 Å². The van der Waals surface area contributed by atoms with Gasteiger partial charge in [0, 0.05) is 5.41 Å². The van der Waals surface area contributed by atoms with Gasteiger partial charge in [0.2, 0.25) is 0 Å². The second-order valence-electron chi connectivity index (χ2n) is 5.73. The molecule has 0 aliphatic rings. The van der Waals surface area contributed by atoms with E-state index in [0.29, 0.717) is 11.5 Å². The maximum Gasteiger partial charge on any atom is 0.363 e. The maximum absolute atomic E-state index is 11.3. The van der Waals surface area contributed by atoms with Gasteiger partial charge in [0.25, 0.3) is 0 Å². The predicted octanol–water partition coefficient (Wildman–Crippen LogP) is 1.92. The van der Waals surface area contributed by atoms with Crippen LogP contribution in [0.15, 0.2) is 34.2 Å². The van der Waals surface area contributed by atoms with Gasteiger partial charge in [-0.1, -0.05) is 20.8 Å². The van der Waals surface area contributed by atoms with Crippen LogP contribution in [0.5, 0.6) is 5.75 Å². The molecule has 0 unspecified atom stereocenters. The molecule has 22 heavy (non-hydrogen) atoms. The fraction of sp³-hybridized carbons (Fsp3) is 0.333. The molecule has 2 rings (SSSR count). The number of hydrogen-bond acceptors (Lipinski definition) is 6. The van der Waals surface area contributed by atoms with E-state index >= 15 is 0 Å². The summed E-state index contributed by atoms with van der Waals surface area (Å²) in [7, 11) is 1.62. The van der Waals surface area contributed by atoms with Crippen LogP contribution in [0.25, 0.3) is 0 Å². The summed E-state index contributed by atoms with van der Waals surface area (Å²) in [6, 6.07) is 7.43. The Morgan fingerprint density at radius 3 is 2.55 bits per heavy atom.